The molecular formula is C14H24S4Si4. The van der Waals surface area contributed by atoms with Gasteiger partial charge < -0.3 is 0 Å². The lowest BCUT2D eigenvalue weighted by Crippen LogP contribution is -2.09. The summed E-state index contributed by atoms with van der Waals surface area (Å²) in [6.07, 6.45) is 0. The first-order chi connectivity index (χ1) is 10.2. The summed E-state index contributed by atoms with van der Waals surface area (Å²) < 4.78 is 10.2. The van der Waals surface area contributed by atoms with Crippen molar-refractivity contribution in [3.8, 4) is 0 Å². The van der Waals surface area contributed by atoms with E-state index in [4.69, 9.17) is 0 Å². The summed E-state index contributed by atoms with van der Waals surface area (Å²) in [6.45, 7) is 19.6. The number of rotatable bonds is 4. The van der Waals surface area contributed by atoms with Crippen LogP contribution in [0.15, 0.2) is 26.6 Å². The van der Waals surface area contributed by atoms with Gasteiger partial charge in [0.15, 0.2) is 0 Å². The second-order valence-corrected chi connectivity index (χ2v) is 22.3. The third-order valence-corrected chi connectivity index (χ3v) is 20.1. The first-order valence-electron chi connectivity index (χ1n) is 7.38. The quantitative estimate of drug-likeness (QED) is 0.454. The SMILES string of the molecule is C[Si](C)C1=C([Si](C)C)SC(=C2SC([Si](C)C)=C([Si](C)C)S2)S1. The van der Waals surface area contributed by atoms with E-state index in [-0.39, 0.29) is 35.2 Å². The molecule has 0 aromatic rings. The number of hydrogen-bond acceptors (Lipinski definition) is 4. The third kappa shape index (κ3) is 4.36. The van der Waals surface area contributed by atoms with Gasteiger partial charge in [-0.05, 0) is 18.1 Å². The third-order valence-electron chi connectivity index (χ3n) is 3.17. The molecule has 0 aromatic heterocycles. The summed E-state index contributed by atoms with van der Waals surface area (Å²) in [5.41, 5.74) is 0. The zero-order chi connectivity index (χ0) is 16.6. The normalized spacial score (nSPS) is 20.2. The highest BCUT2D eigenvalue weighted by molar-refractivity contribution is 8.35. The molecular weight excluding hydrogens is 409 g/mol. The maximum absolute atomic E-state index is 2.45. The topological polar surface area (TPSA) is 0 Å². The van der Waals surface area contributed by atoms with Crippen molar-refractivity contribution in [2.75, 3.05) is 0 Å². The van der Waals surface area contributed by atoms with Gasteiger partial charge in [0.2, 0.25) is 0 Å². The Morgan fingerprint density at radius 3 is 0.727 bits per heavy atom. The van der Waals surface area contributed by atoms with Crippen LogP contribution in [0.2, 0.25) is 52.4 Å². The Labute approximate surface area is 160 Å². The van der Waals surface area contributed by atoms with Gasteiger partial charge in [-0.2, -0.15) is 0 Å². The van der Waals surface area contributed by atoms with Gasteiger partial charge in [0.25, 0.3) is 0 Å². The minimum absolute atomic E-state index is 0.332. The van der Waals surface area contributed by atoms with Crippen molar-refractivity contribution in [1.29, 1.82) is 0 Å². The van der Waals surface area contributed by atoms with Crippen LogP contribution >= 0.6 is 47.0 Å². The molecule has 0 unspecified atom stereocenters. The Bertz CT molecular complexity index is 455. The van der Waals surface area contributed by atoms with E-state index in [1.54, 1.807) is 26.6 Å². The molecule has 2 heterocycles. The Hall–Kier alpha value is 1.49. The second-order valence-electron chi connectivity index (χ2n) is 6.30. The second kappa shape index (κ2) is 8.24. The van der Waals surface area contributed by atoms with E-state index >= 15 is 0 Å². The molecule has 0 nitrogen and oxygen atoms in total. The fraction of sp³-hybridized carbons (Fsp3) is 0.571. The molecule has 4 radical (unpaired) electrons. The predicted octanol–water partition coefficient (Wildman–Crippen LogP) is 6.67. The van der Waals surface area contributed by atoms with E-state index in [1.165, 1.54) is 0 Å². The van der Waals surface area contributed by atoms with Crippen LogP contribution in [0.4, 0.5) is 0 Å². The van der Waals surface area contributed by atoms with Crippen LogP contribution in [0.5, 0.6) is 0 Å². The molecule has 0 amide bonds. The van der Waals surface area contributed by atoms with Gasteiger partial charge >= 0.3 is 0 Å². The molecule has 2 rings (SSSR count). The molecule has 2 aliphatic heterocycles. The van der Waals surface area contributed by atoms with E-state index in [9.17, 15) is 0 Å². The van der Waals surface area contributed by atoms with Crippen molar-refractivity contribution in [3.63, 3.8) is 0 Å². The summed E-state index contributed by atoms with van der Waals surface area (Å²) in [6, 6.07) is 0. The summed E-state index contributed by atoms with van der Waals surface area (Å²) >= 11 is 8.51. The van der Waals surface area contributed by atoms with E-state index in [0.717, 1.165) is 0 Å². The molecule has 0 fully saturated rings. The van der Waals surface area contributed by atoms with Crippen molar-refractivity contribution in [1.82, 2.24) is 0 Å². The maximum Gasteiger partial charge on any atom is 0.0888 e. The molecule has 0 atom stereocenters. The lowest BCUT2D eigenvalue weighted by Gasteiger charge is -2.08. The van der Waals surface area contributed by atoms with Crippen molar-refractivity contribution in [2.45, 2.75) is 52.4 Å². The van der Waals surface area contributed by atoms with Gasteiger partial charge in [0, 0.05) is 0 Å². The van der Waals surface area contributed by atoms with Gasteiger partial charge in [-0.25, -0.2) is 0 Å². The smallest absolute Gasteiger partial charge is 0.0888 e. The predicted molar refractivity (Wildman–Crippen MR) is 121 cm³/mol. The average Bonchev–Trinajstić information content (AvgIpc) is 3.02. The van der Waals surface area contributed by atoms with Gasteiger partial charge in [-0.15, -0.1) is 0 Å². The van der Waals surface area contributed by atoms with Crippen molar-refractivity contribution >= 4 is 82.2 Å². The summed E-state index contributed by atoms with van der Waals surface area (Å²) in [5.74, 6) is 0. The van der Waals surface area contributed by atoms with Gasteiger partial charge in [-0.3, -0.25) is 0 Å². The summed E-state index contributed by atoms with van der Waals surface area (Å²) in [7, 11) is -1.33. The van der Waals surface area contributed by atoms with E-state index in [2.05, 4.69) is 99.4 Å². The zero-order valence-electron chi connectivity index (χ0n) is 14.6. The highest BCUT2D eigenvalue weighted by Gasteiger charge is 2.33. The average molecular weight is 433 g/mol. The highest BCUT2D eigenvalue weighted by Crippen LogP contribution is 2.61. The van der Waals surface area contributed by atoms with Gasteiger partial charge in [-0.1, -0.05) is 99.4 Å². The molecule has 8 heteroatoms. The van der Waals surface area contributed by atoms with Crippen molar-refractivity contribution in [2.24, 2.45) is 0 Å². The molecule has 0 N–H and O–H groups in total. The van der Waals surface area contributed by atoms with Crippen LogP contribution < -0.4 is 0 Å². The van der Waals surface area contributed by atoms with Crippen LogP contribution in [0, 0.1) is 0 Å². The molecule has 2 aliphatic rings. The lowest BCUT2D eigenvalue weighted by molar-refractivity contribution is 1.89. The van der Waals surface area contributed by atoms with Gasteiger partial charge in [0.1, 0.15) is 0 Å². The molecule has 0 spiro atoms. The Balaban J connectivity index is 2.27. The Kier molecular flexibility index (Phi) is 7.42. The molecule has 22 heavy (non-hydrogen) atoms. The first-order valence-corrected chi connectivity index (χ1v) is 20.6. The molecule has 0 aromatic carbocycles. The Morgan fingerprint density at radius 2 is 0.591 bits per heavy atom. The molecule has 0 saturated carbocycles. The monoisotopic (exact) mass is 432 g/mol. The van der Waals surface area contributed by atoms with E-state index < -0.39 is 0 Å². The van der Waals surface area contributed by atoms with Crippen LogP contribution in [-0.4, -0.2) is 35.2 Å². The largest absolute Gasteiger partial charge is 0.0899 e. The highest BCUT2D eigenvalue weighted by atomic mass is 32.2. The minimum atomic E-state index is -0.332. The van der Waals surface area contributed by atoms with Crippen LogP contribution in [-0.2, 0) is 0 Å². The molecule has 120 valence electrons. The standard InChI is InChI=1S/C14H24S4Si4/c1-19(2)11-12(20(3)4)16-9(15-11)10-17-13(21(5)6)14(18-10)22(7)8/h1-8H3. The first kappa shape index (κ1) is 19.8. The molecule has 0 aliphatic carbocycles. The van der Waals surface area contributed by atoms with Crippen molar-refractivity contribution in [3.05, 3.63) is 26.6 Å². The van der Waals surface area contributed by atoms with E-state index in [0.29, 0.717) is 0 Å². The summed E-state index contributed by atoms with van der Waals surface area (Å²) in [5, 5.41) is 0. The van der Waals surface area contributed by atoms with Crippen molar-refractivity contribution < 1.29 is 0 Å². The molecule has 0 bridgehead atoms. The van der Waals surface area contributed by atoms with Gasteiger partial charge in [0.05, 0.1) is 43.7 Å². The van der Waals surface area contributed by atoms with Crippen LogP contribution in [0.3, 0.4) is 0 Å². The Morgan fingerprint density at radius 1 is 0.409 bits per heavy atom. The van der Waals surface area contributed by atoms with E-state index in [1.807, 2.05) is 0 Å². The fourth-order valence-corrected chi connectivity index (χ4v) is 19.6. The fourth-order valence-electron chi connectivity index (χ4n) is 2.08. The zero-order valence-corrected chi connectivity index (χ0v) is 21.9. The lowest BCUT2D eigenvalue weighted by atomic mass is 11.2. The van der Waals surface area contributed by atoms with Crippen LogP contribution in [0.25, 0.3) is 0 Å². The minimum Gasteiger partial charge on any atom is -0.0899 e. The maximum atomic E-state index is 2.45. The molecule has 0 saturated heterocycles. The van der Waals surface area contributed by atoms with Crippen LogP contribution in [0.1, 0.15) is 0 Å². The summed E-state index contributed by atoms with van der Waals surface area (Å²) in [4.78, 5) is 0. The number of hydrogen-bond donors (Lipinski definition) is 0. The number of thioether (sulfide) groups is 4.